The van der Waals surface area contributed by atoms with E-state index in [1.807, 2.05) is 6.92 Å². The Morgan fingerprint density at radius 1 is 1.29 bits per heavy atom. The molecule has 0 bridgehead atoms. The van der Waals surface area contributed by atoms with Crippen LogP contribution in [0.3, 0.4) is 0 Å². The van der Waals surface area contributed by atoms with Crippen LogP contribution in [0, 0.1) is 0 Å². The molecular formula is C17H24F3N3O. The van der Waals surface area contributed by atoms with E-state index in [1.165, 1.54) is 18.2 Å². The second kappa shape index (κ2) is 7.98. The summed E-state index contributed by atoms with van der Waals surface area (Å²) in [6.45, 7) is 3.90. The highest BCUT2D eigenvalue weighted by atomic mass is 19.4. The Bertz CT molecular complexity index is 554. The third-order valence-electron chi connectivity index (χ3n) is 4.24. The van der Waals surface area contributed by atoms with Gasteiger partial charge in [0.1, 0.15) is 0 Å². The van der Waals surface area contributed by atoms with Gasteiger partial charge in [0.15, 0.2) is 0 Å². The first-order valence-corrected chi connectivity index (χ1v) is 8.16. The zero-order chi connectivity index (χ0) is 17.7. The number of piperidine rings is 1. The van der Waals surface area contributed by atoms with E-state index in [2.05, 4.69) is 22.6 Å². The smallest absolute Gasteiger partial charge is 0.325 e. The van der Waals surface area contributed by atoms with Crippen molar-refractivity contribution in [2.24, 2.45) is 0 Å². The van der Waals surface area contributed by atoms with Gasteiger partial charge >= 0.3 is 6.18 Å². The van der Waals surface area contributed by atoms with Gasteiger partial charge in [-0.2, -0.15) is 13.2 Å². The highest BCUT2D eigenvalue weighted by Gasteiger charge is 2.33. The van der Waals surface area contributed by atoms with E-state index < -0.39 is 17.6 Å². The maximum Gasteiger partial charge on any atom is 0.418 e. The van der Waals surface area contributed by atoms with Gasteiger partial charge in [0, 0.05) is 18.5 Å². The summed E-state index contributed by atoms with van der Waals surface area (Å²) in [6.07, 6.45) is -2.32. The molecule has 2 N–H and O–H groups in total. The molecule has 134 valence electrons. The number of carbonyl (C=O) groups is 1. The van der Waals surface area contributed by atoms with Crippen molar-refractivity contribution in [1.82, 2.24) is 10.2 Å². The molecule has 1 saturated heterocycles. The minimum Gasteiger partial charge on any atom is -0.325 e. The number of likely N-dealkylation sites (tertiary alicyclic amines) is 1. The number of carbonyl (C=O) groups excluding carboxylic acids is 1. The van der Waals surface area contributed by atoms with E-state index in [0.717, 1.165) is 32.0 Å². The Labute approximate surface area is 140 Å². The van der Waals surface area contributed by atoms with Crippen molar-refractivity contribution >= 4 is 11.6 Å². The van der Waals surface area contributed by atoms with E-state index in [0.29, 0.717) is 6.04 Å². The predicted octanol–water partition coefficient (Wildman–Crippen LogP) is 3.11. The van der Waals surface area contributed by atoms with Gasteiger partial charge in [-0.05, 0) is 52.0 Å². The maximum atomic E-state index is 12.9. The number of amides is 1. The topological polar surface area (TPSA) is 44.4 Å². The number of halogens is 3. The molecule has 1 atom stereocenters. The third kappa shape index (κ3) is 5.49. The lowest BCUT2D eigenvalue weighted by Gasteiger charge is -2.31. The lowest BCUT2D eigenvalue weighted by molar-refractivity contribution is -0.137. The molecule has 24 heavy (non-hydrogen) atoms. The van der Waals surface area contributed by atoms with Gasteiger partial charge < -0.3 is 15.5 Å². The number of para-hydroxylation sites is 1. The van der Waals surface area contributed by atoms with Crippen LogP contribution in [0.4, 0.5) is 18.9 Å². The van der Waals surface area contributed by atoms with Crippen molar-refractivity contribution in [2.45, 2.75) is 44.4 Å². The van der Waals surface area contributed by atoms with Crippen LogP contribution in [0.2, 0.25) is 0 Å². The molecule has 0 radical (unpaired) electrons. The van der Waals surface area contributed by atoms with Crippen LogP contribution in [0.25, 0.3) is 0 Å². The minimum atomic E-state index is -4.48. The molecule has 4 nitrogen and oxygen atoms in total. The Balaban J connectivity index is 1.87. The average Bonchev–Trinajstić information content (AvgIpc) is 2.49. The summed E-state index contributed by atoms with van der Waals surface area (Å²) in [5.41, 5.74) is -1.02. The van der Waals surface area contributed by atoms with E-state index in [4.69, 9.17) is 0 Å². The fourth-order valence-corrected chi connectivity index (χ4v) is 2.96. The van der Waals surface area contributed by atoms with Gasteiger partial charge in [0.05, 0.1) is 11.3 Å². The van der Waals surface area contributed by atoms with Crippen molar-refractivity contribution in [1.29, 1.82) is 0 Å². The normalized spacial score (nSPS) is 18.4. The number of benzene rings is 1. The van der Waals surface area contributed by atoms with Crippen LogP contribution < -0.4 is 10.6 Å². The van der Waals surface area contributed by atoms with Crippen LogP contribution in [0.15, 0.2) is 24.3 Å². The highest BCUT2D eigenvalue weighted by Crippen LogP contribution is 2.34. The average molecular weight is 343 g/mol. The fraction of sp³-hybridized carbons (Fsp3) is 0.588. The van der Waals surface area contributed by atoms with Crippen molar-refractivity contribution in [3.8, 4) is 0 Å². The van der Waals surface area contributed by atoms with Crippen LogP contribution in [-0.2, 0) is 11.0 Å². The van der Waals surface area contributed by atoms with E-state index in [-0.39, 0.29) is 18.2 Å². The number of hydrogen-bond acceptors (Lipinski definition) is 3. The monoisotopic (exact) mass is 343 g/mol. The number of rotatable bonds is 5. The van der Waals surface area contributed by atoms with Crippen molar-refractivity contribution in [3.05, 3.63) is 29.8 Å². The molecular weight excluding hydrogens is 319 g/mol. The van der Waals surface area contributed by atoms with E-state index in [1.54, 1.807) is 0 Å². The molecule has 1 amide bonds. The van der Waals surface area contributed by atoms with Gasteiger partial charge in [0.2, 0.25) is 5.91 Å². The fourth-order valence-electron chi connectivity index (χ4n) is 2.96. The summed E-state index contributed by atoms with van der Waals surface area (Å²) < 4.78 is 38.8. The molecule has 1 aliphatic heterocycles. The molecule has 7 heteroatoms. The summed E-state index contributed by atoms with van der Waals surface area (Å²) in [5.74, 6) is -0.417. The first-order valence-electron chi connectivity index (χ1n) is 8.16. The van der Waals surface area contributed by atoms with Crippen LogP contribution in [-0.4, -0.2) is 43.0 Å². The molecule has 1 aromatic carbocycles. The number of alkyl halides is 3. The molecule has 2 rings (SSSR count). The lowest BCUT2D eigenvalue weighted by Crippen LogP contribution is -2.45. The molecule has 0 saturated carbocycles. The Morgan fingerprint density at radius 2 is 1.92 bits per heavy atom. The largest absolute Gasteiger partial charge is 0.418 e. The number of anilines is 1. The Kier molecular flexibility index (Phi) is 6.23. The summed E-state index contributed by atoms with van der Waals surface area (Å²) in [4.78, 5) is 14.3. The summed E-state index contributed by atoms with van der Waals surface area (Å²) in [6, 6.07) is 5.29. The SMILES string of the molecule is CC(CC(=O)Nc1ccccc1C(F)(F)F)NC1CCN(C)CC1. The van der Waals surface area contributed by atoms with Crippen LogP contribution >= 0.6 is 0 Å². The van der Waals surface area contributed by atoms with Gasteiger partial charge in [-0.3, -0.25) is 4.79 Å². The zero-order valence-electron chi connectivity index (χ0n) is 14.0. The number of hydrogen-bond donors (Lipinski definition) is 2. The second-order valence-electron chi connectivity index (χ2n) is 6.44. The number of nitrogens with zero attached hydrogens (tertiary/aromatic N) is 1. The minimum absolute atomic E-state index is 0.0866. The van der Waals surface area contributed by atoms with Gasteiger partial charge in [-0.1, -0.05) is 12.1 Å². The van der Waals surface area contributed by atoms with Crippen LogP contribution in [0.1, 0.15) is 31.7 Å². The van der Waals surface area contributed by atoms with E-state index in [9.17, 15) is 18.0 Å². The van der Waals surface area contributed by atoms with Crippen molar-refractivity contribution < 1.29 is 18.0 Å². The first kappa shape index (κ1) is 18.7. The third-order valence-corrected chi connectivity index (χ3v) is 4.24. The standard InChI is InChI=1S/C17H24F3N3O/c1-12(21-13-7-9-23(2)10-8-13)11-16(24)22-15-6-4-3-5-14(15)17(18,19)20/h3-6,12-13,21H,7-11H2,1-2H3,(H,22,24). The maximum absolute atomic E-state index is 12.9. The summed E-state index contributed by atoms with van der Waals surface area (Å²) in [5, 5.41) is 5.78. The summed E-state index contributed by atoms with van der Waals surface area (Å²) >= 11 is 0. The van der Waals surface area contributed by atoms with Crippen molar-refractivity contribution in [3.63, 3.8) is 0 Å². The van der Waals surface area contributed by atoms with Crippen LogP contribution in [0.5, 0.6) is 0 Å². The molecule has 0 aromatic heterocycles. The summed E-state index contributed by atoms with van der Waals surface area (Å²) in [7, 11) is 2.07. The van der Waals surface area contributed by atoms with Crippen molar-refractivity contribution in [2.75, 3.05) is 25.5 Å². The van der Waals surface area contributed by atoms with Gasteiger partial charge in [-0.15, -0.1) is 0 Å². The second-order valence-corrected chi connectivity index (χ2v) is 6.44. The predicted molar refractivity (Wildman–Crippen MR) is 87.8 cm³/mol. The van der Waals surface area contributed by atoms with E-state index >= 15 is 0 Å². The highest BCUT2D eigenvalue weighted by molar-refractivity contribution is 5.92. The molecule has 1 heterocycles. The molecule has 1 aromatic rings. The first-order chi connectivity index (χ1) is 11.3. The lowest BCUT2D eigenvalue weighted by atomic mass is 10.0. The molecule has 0 aliphatic carbocycles. The molecule has 1 unspecified atom stereocenters. The quantitative estimate of drug-likeness (QED) is 0.863. The zero-order valence-corrected chi connectivity index (χ0v) is 14.0. The Hall–Kier alpha value is -1.60. The molecule has 1 aliphatic rings. The van der Waals surface area contributed by atoms with Gasteiger partial charge in [0.25, 0.3) is 0 Å². The molecule has 0 spiro atoms. The Morgan fingerprint density at radius 3 is 2.54 bits per heavy atom. The number of nitrogens with one attached hydrogen (secondary N) is 2. The molecule has 1 fully saturated rings. The van der Waals surface area contributed by atoms with Gasteiger partial charge in [-0.25, -0.2) is 0 Å².